The van der Waals surface area contributed by atoms with E-state index in [2.05, 4.69) is 11.9 Å². The van der Waals surface area contributed by atoms with Crippen LogP contribution in [0.15, 0.2) is 30.9 Å². The number of hydrogen-bond acceptors (Lipinski definition) is 2. The number of aromatic carboxylic acids is 1. The molecule has 0 fully saturated rings. The molecule has 1 aromatic rings. The van der Waals surface area contributed by atoms with Crippen molar-refractivity contribution < 1.29 is 19.1 Å². The van der Waals surface area contributed by atoms with Crippen LogP contribution >= 0.6 is 0 Å². The molecule has 0 atom stereocenters. The first-order valence-electron chi connectivity index (χ1n) is 4.98. The van der Waals surface area contributed by atoms with E-state index in [4.69, 9.17) is 5.11 Å². The third-order valence-electron chi connectivity index (χ3n) is 2.06. The maximum absolute atomic E-state index is 13.3. The first-order valence-corrected chi connectivity index (χ1v) is 4.98. The standard InChI is InChI=1S/C12H12FNO3/c1-2-3-4-11(15)14-8-5-6-9(12(16)17)10(13)7-8/h2,5-7H,1,3-4H2,(H,14,15)(H,16,17). The zero-order chi connectivity index (χ0) is 12.8. The lowest BCUT2D eigenvalue weighted by atomic mass is 10.2. The highest BCUT2D eigenvalue weighted by Gasteiger charge is 2.11. The molecule has 17 heavy (non-hydrogen) atoms. The number of benzene rings is 1. The van der Waals surface area contributed by atoms with E-state index in [9.17, 15) is 14.0 Å². The van der Waals surface area contributed by atoms with Crippen molar-refractivity contribution in [3.63, 3.8) is 0 Å². The number of nitrogens with one attached hydrogen (secondary N) is 1. The number of hydrogen-bond donors (Lipinski definition) is 2. The van der Waals surface area contributed by atoms with Gasteiger partial charge in [-0.2, -0.15) is 0 Å². The van der Waals surface area contributed by atoms with Crippen LogP contribution in [0.1, 0.15) is 23.2 Å². The van der Waals surface area contributed by atoms with Gasteiger partial charge in [0, 0.05) is 12.1 Å². The van der Waals surface area contributed by atoms with Crippen LogP contribution in [0.4, 0.5) is 10.1 Å². The van der Waals surface area contributed by atoms with Gasteiger partial charge in [0.25, 0.3) is 0 Å². The van der Waals surface area contributed by atoms with Crippen LogP contribution in [-0.4, -0.2) is 17.0 Å². The molecule has 0 aliphatic carbocycles. The molecule has 0 saturated carbocycles. The van der Waals surface area contributed by atoms with Crippen molar-refractivity contribution in [3.05, 3.63) is 42.2 Å². The van der Waals surface area contributed by atoms with Crippen molar-refractivity contribution in [2.24, 2.45) is 0 Å². The minimum Gasteiger partial charge on any atom is -0.478 e. The smallest absolute Gasteiger partial charge is 0.338 e. The number of carbonyl (C=O) groups is 2. The van der Waals surface area contributed by atoms with Gasteiger partial charge in [-0.25, -0.2) is 9.18 Å². The van der Waals surface area contributed by atoms with Crippen LogP contribution in [0.5, 0.6) is 0 Å². The summed E-state index contributed by atoms with van der Waals surface area (Å²) in [6.07, 6.45) is 2.39. The van der Waals surface area contributed by atoms with Crippen LogP contribution in [-0.2, 0) is 4.79 Å². The van der Waals surface area contributed by atoms with E-state index in [0.29, 0.717) is 6.42 Å². The van der Waals surface area contributed by atoms with Gasteiger partial charge < -0.3 is 10.4 Å². The Hall–Kier alpha value is -2.17. The SMILES string of the molecule is C=CCCC(=O)Nc1ccc(C(=O)O)c(F)c1. The summed E-state index contributed by atoms with van der Waals surface area (Å²) in [6.45, 7) is 3.48. The number of amides is 1. The van der Waals surface area contributed by atoms with E-state index in [-0.39, 0.29) is 18.0 Å². The van der Waals surface area contributed by atoms with Gasteiger partial charge in [0.05, 0.1) is 5.56 Å². The summed E-state index contributed by atoms with van der Waals surface area (Å²) in [4.78, 5) is 21.9. The Balaban J connectivity index is 2.74. The highest BCUT2D eigenvalue weighted by atomic mass is 19.1. The molecule has 5 heteroatoms. The fourth-order valence-corrected chi connectivity index (χ4v) is 1.22. The van der Waals surface area contributed by atoms with Crippen molar-refractivity contribution in [3.8, 4) is 0 Å². The molecule has 2 N–H and O–H groups in total. The van der Waals surface area contributed by atoms with Crippen molar-refractivity contribution in [1.82, 2.24) is 0 Å². The van der Waals surface area contributed by atoms with Gasteiger partial charge in [-0.05, 0) is 24.6 Å². The Morgan fingerprint density at radius 1 is 1.47 bits per heavy atom. The lowest BCUT2D eigenvalue weighted by molar-refractivity contribution is -0.116. The summed E-state index contributed by atoms with van der Waals surface area (Å²) in [7, 11) is 0. The number of rotatable bonds is 5. The normalized spacial score (nSPS) is 9.71. The summed E-state index contributed by atoms with van der Waals surface area (Å²) in [5, 5.41) is 11.1. The lowest BCUT2D eigenvalue weighted by Gasteiger charge is -2.05. The number of halogens is 1. The van der Waals surface area contributed by atoms with Crippen LogP contribution < -0.4 is 5.32 Å². The maximum Gasteiger partial charge on any atom is 0.338 e. The van der Waals surface area contributed by atoms with Gasteiger partial charge in [0.2, 0.25) is 5.91 Å². The van der Waals surface area contributed by atoms with Gasteiger partial charge in [-0.3, -0.25) is 4.79 Å². The van der Waals surface area contributed by atoms with Crippen LogP contribution in [0.2, 0.25) is 0 Å². The number of anilines is 1. The second kappa shape index (κ2) is 5.79. The average molecular weight is 237 g/mol. The van der Waals surface area contributed by atoms with Gasteiger partial charge in [-0.15, -0.1) is 6.58 Å². The van der Waals surface area contributed by atoms with Crippen LogP contribution in [0.3, 0.4) is 0 Å². The molecule has 0 spiro atoms. The molecule has 0 saturated heterocycles. The predicted octanol–water partition coefficient (Wildman–Crippen LogP) is 2.43. The Morgan fingerprint density at radius 3 is 2.71 bits per heavy atom. The Morgan fingerprint density at radius 2 is 2.18 bits per heavy atom. The Bertz CT molecular complexity index is 457. The van der Waals surface area contributed by atoms with Gasteiger partial charge >= 0.3 is 5.97 Å². The zero-order valence-corrected chi connectivity index (χ0v) is 9.07. The summed E-state index contributed by atoms with van der Waals surface area (Å²) in [6, 6.07) is 3.44. The molecule has 1 aromatic carbocycles. The molecule has 0 aliphatic rings. The summed E-state index contributed by atoms with van der Waals surface area (Å²) >= 11 is 0. The van der Waals surface area contributed by atoms with Gasteiger partial charge in [0.1, 0.15) is 5.82 Å². The monoisotopic (exact) mass is 237 g/mol. The fraction of sp³-hybridized carbons (Fsp3) is 0.167. The molecule has 0 aromatic heterocycles. The Kier molecular flexibility index (Phi) is 4.39. The number of carbonyl (C=O) groups excluding carboxylic acids is 1. The molecule has 1 rings (SSSR count). The fourth-order valence-electron chi connectivity index (χ4n) is 1.22. The van der Waals surface area contributed by atoms with Crippen molar-refractivity contribution in [1.29, 1.82) is 0 Å². The second-order valence-electron chi connectivity index (χ2n) is 3.38. The second-order valence-corrected chi connectivity index (χ2v) is 3.38. The molecule has 0 unspecified atom stereocenters. The molecule has 4 nitrogen and oxygen atoms in total. The van der Waals surface area contributed by atoms with Crippen molar-refractivity contribution >= 4 is 17.6 Å². The molecule has 0 heterocycles. The topological polar surface area (TPSA) is 66.4 Å². The average Bonchev–Trinajstić information content (AvgIpc) is 2.26. The predicted molar refractivity (Wildman–Crippen MR) is 61.4 cm³/mol. The first kappa shape index (κ1) is 12.9. The van der Waals surface area contributed by atoms with Crippen LogP contribution in [0.25, 0.3) is 0 Å². The quantitative estimate of drug-likeness (QED) is 0.773. The molecular formula is C12H12FNO3. The Labute approximate surface area is 97.8 Å². The highest BCUT2D eigenvalue weighted by molar-refractivity contribution is 5.92. The minimum atomic E-state index is -1.34. The van der Waals surface area contributed by atoms with Crippen molar-refractivity contribution in [2.75, 3.05) is 5.32 Å². The van der Waals surface area contributed by atoms with Gasteiger partial charge in [-0.1, -0.05) is 6.08 Å². The molecule has 0 radical (unpaired) electrons. The number of carboxylic acids is 1. The largest absolute Gasteiger partial charge is 0.478 e. The first-order chi connectivity index (χ1) is 8.04. The summed E-state index contributed by atoms with van der Waals surface area (Å²) in [5.74, 6) is -2.49. The summed E-state index contributed by atoms with van der Waals surface area (Å²) < 4.78 is 13.3. The van der Waals surface area contributed by atoms with E-state index in [0.717, 1.165) is 12.1 Å². The van der Waals surface area contributed by atoms with Gasteiger partial charge in [0.15, 0.2) is 0 Å². The highest BCUT2D eigenvalue weighted by Crippen LogP contribution is 2.15. The molecule has 90 valence electrons. The zero-order valence-electron chi connectivity index (χ0n) is 9.07. The third kappa shape index (κ3) is 3.71. The minimum absolute atomic E-state index is 0.238. The maximum atomic E-state index is 13.3. The molecule has 1 amide bonds. The summed E-state index contributed by atoms with van der Waals surface area (Å²) in [5.41, 5.74) is -0.185. The third-order valence-corrected chi connectivity index (χ3v) is 2.06. The van der Waals surface area contributed by atoms with E-state index < -0.39 is 17.3 Å². The molecule has 0 bridgehead atoms. The van der Waals surface area contributed by atoms with E-state index in [1.165, 1.54) is 6.07 Å². The lowest BCUT2D eigenvalue weighted by Crippen LogP contribution is -2.11. The van der Waals surface area contributed by atoms with E-state index in [1.807, 2.05) is 0 Å². The van der Waals surface area contributed by atoms with E-state index in [1.54, 1.807) is 6.08 Å². The van der Waals surface area contributed by atoms with Crippen molar-refractivity contribution in [2.45, 2.75) is 12.8 Å². The molecule has 0 aliphatic heterocycles. The number of allylic oxidation sites excluding steroid dienone is 1. The van der Waals surface area contributed by atoms with E-state index >= 15 is 0 Å². The van der Waals surface area contributed by atoms with Crippen LogP contribution in [0, 0.1) is 5.82 Å². The molecular weight excluding hydrogens is 225 g/mol. The number of carboxylic acid groups (broad SMARTS) is 1.